The first-order valence-corrected chi connectivity index (χ1v) is 9.33. The topological polar surface area (TPSA) is 76.7 Å². The Morgan fingerprint density at radius 2 is 1.75 bits per heavy atom. The lowest BCUT2D eigenvalue weighted by Gasteiger charge is -2.26. The molecule has 0 radical (unpaired) electrons. The van der Waals surface area contributed by atoms with Crippen LogP contribution in [-0.4, -0.2) is 37.7 Å². The first-order chi connectivity index (χ1) is 13.3. The molecule has 2 N–H and O–H groups in total. The Hall–Kier alpha value is -2.57. The van der Waals surface area contributed by atoms with Gasteiger partial charge in [0.15, 0.2) is 5.60 Å². The van der Waals surface area contributed by atoms with Crippen molar-refractivity contribution in [2.45, 2.75) is 25.9 Å². The van der Waals surface area contributed by atoms with Crippen molar-refractivity contribution in [2.75, 3.05) is 25.6 Å². The summed E-state index contributed by atoms with van der Waals surface area (Å²) in [6.07, 6.45) is 0.707. The van der Waals surface area contributed by atoms with Crippen LogP contribution >= 0.6 is 11.6 Å². The fraction of sp³-hybridized carbons (Fsp3) is 0.333. The molecule has 0 saturated carbocycles. The third-order valence-corrected chi connectivity index (χ3v) is 4.22. The highest BCUT2D eigenvalue weighted by atomic mass is 35.5. The molecule has 28 heavy (non-hydrogen) atoms. The van der Waals surface area contributed by atoms with E-state index in [0.717, 1.165) is 0 Å². The number of rotatable bonds is 9. The van der Waals surface area contributed by atoms with Gasteiger partial charge < -0.3 is 20.1 Å². The summed E-state index contributed by atoms with van der Waals surface area (Å²) in [7, 11) is 1.61. The lowest BCUT2D eigenvalue weighted by molar-refractivity contribution is -0.128. The van der Waals surface area contributed by atoms with E-state index in [1.807, 2.05) is 0 Å². The minimum Gasteiger partial charge on any atom is -0.478 e. The van der Waals surface area contributed by atoms with Crippen LogP contribution in [0.2, 0.25) is 5.02 Å². The van der Waals surface area contributed by atoms with Crippen LogP contribution in [0, 0.1) is 0 Å². The Balaban J connectivity index is 2.06. The summed E-state index contributed by atoms with van der Waals surface area (Å²) in [4.78, 5) is 25.2. The van der Waals surface area contributed by atoms with Crippen molar-refractivity contribution in [1.82, 2.24) is 5.32 Å². The quantitative estimate of drug-likeness (QED) is 0.621. The molecule has 6 nitrogen and oxygen atoms in total. The molecule has 0 aliphatic carbocycles. The van der Waals surface area contributed by atoms with Gasteiger partial charge in [-0.2, -0.15) is 0 Å². The molecule has 150 valence electrons. The molecule has 0 saturated heterocycles. The number of para-hydroxylation sites is 1. The molecule has 0 heterocycles. The van der Waals surface area contributed by atoms with Crippen LogP contribution < -0.4 is 15.4 Å². The first-order valence-electron chi connectivity index (χ1n) is 8.95. The largest absolute Gasteiger partial charge is 0.478 e. The van der Waals surface area contributed by atoms with Crippen LogP contribution in [0.3, 0.4) is 0 Å². The van der Waals surface area contributed by atoms with Crippen LogP contribution in [0.4, 0.5) is 5.69 Å². The van der Waals surface area contributed by atoms with Crippen molar-refractivity contribution in [3.05, 3.63) is 59.1 Å². The third-order valence-electron chi connectivity index (χ3n) is 3.96. The summed E-state index contributed by atoms with van der Waals surface area (Å²) in [5, 5.41) is 6.19. The second-order valence-electron chi connectivity index (χ2n) is 6.67. The van der Waals surface area contributed by atoms with Crippen molar-refractivity contribution in [3.8, 4) is 5.75 Å². The van der Waals surface area contributed by atoms with Crippen molar-refractivity contribution < 1.29 is 19.1 Å². The Labute approximate surface area is 170 Å². The van der Waals surface area contributed by atoms with Gasteiger partial charge in [-0.3, -0.25) is 9.59 Å². The predicted molar refractivity (Wildman–Crippen MR) is 110 cm³/mol. The summed E-state index contributed by atoms with van der Waals surface area (Å²) < 4.78 is 10.8. The van der Waals surface area contributed by atoms with Gasteiger partial charge in [0.05, 0.1) is 11.3 Å². The third kappa shape index (κ3) is 6.25. The zero-order chi connectivity index (χ0) is 20.6. The number of amides is 2. The standard InChI is InChI=1S/C21H25ClN2O4/c1-21(2,28-16-11-9-15(22)10-12-16)20(26)24-18-8-5-4-7-17(18)19(25)23-13-6-14-27-3/h4-5,7-12H,6,13-14H2,1-3H3,(H,23,25)(H,24,26). The summed E-state index contributed by atoms with van der Waals surface area (Å²) in [5.41, 5.74) is -0.351. The second-order valence-corrected chi connectivity index (χ2v) is 7.10. The van der Waals surface area contributed by atoms with Gasteiger partial charge >= 0.3 is 0 Å². The number of carbonyl (C=O) groups is 2. The van der Waals surface area contributed by atoms with Crippen molar-refractivity contribution in [3.63, 3.8) is 0 Å². The number of benzene rings is 2. The molecule has 0 fully saturated rings. The van der Waals surface area contributed by atoms with Crippen molar-refractivity contribution in [2.24, 2.45) is 0 Å². The lowest BCUT2D eigenvalue weighted by atomic mass is 10.1. The zero-order valence-electron chi connectivity index (χ0n) is 16.3. The van der Waals surface area contributed by atoms with Gasteiger partial charge in [-0.05, 0) is 56.7 Å². The highest BCUT2D eigenvalue weighted by Crippen LogP contribution is 2.23. The van der Waals surface area contributed by atoms with E-state index in [1.54, 1.807) is 69.5 Å². The molecular formula is C21H25ClN2O4. The minimum atomic E-state index is -1.16. The average molecular weight is 405 g/mol. The fourth-order valence-corrected chi connectivity index (χ4v) is 2.55. The molecule has 0 aliphatic heterocycles. The van der Waals surface area contributed by atoms with Crippen LogP contribution in [-0.2, 0) is 9.53 Å². The summed E-state index contributed by atoms with van der Waals surface area (Å²) >= 11 is 5.87. The van der Waals surface area contributed by atoms with Gasteiger partial charge in [0, 0.05) is 25.3 Å². The zero-order valence-corrected chi connectivity index (χ0v) is 17.0. The molecule has 0 unspecified atom stereocenters. The molecule has 0 spiro atoms. The molecule has 2 rings (SSSR count). The first kappa shape index (κ1) is 21.7. The maximum Gasteiger partial charge on any atom is 0.267 e. The van der Waals surface area contributed by atoms with Crippen LogP contribution in [0.5, 0.6) is 5.75 Å². The van der Waals surface area contributed by atoms with E-state index in [0.29, 0.717) is 41.6 Å². The number of ether oxygens (including phenoxy) is 2. The van der Waals surface area contributed by atoms with Crippen molar-refractivity contribution in [1.29, 1.82) is 0 Å². The van der Waals surface area contributed by atoms with Crippen LogP contribution in [0.25, 0.3) is 0 Å². The summed E-state index contributed by atoms with van der Waals surface area (Å²) in [6, 6.07) is 13.6. The number of hydrogen-bond donors (Lipinski definition) is 2. The van der Waals surface area contributed by atoms with Gasteiger partial charge in [0.2, 0.25) is 0 Å². The number of halogens is 1. The molecule has 0 aromatic heterocycles. The highest BCUT2D eigenvalue weighted by Gasteiger charge is 2.31. The van der Waals surface area contributed by atoms with E-state index < -0.39 is 5.60 Å². The van der Waals surface area contributed by atoms with Gasteiger partial charge in [0.1, 0.15) is 5.75 Å². The van der Waals surface area contributed by atoms with Crippen LogP contribution in [0.1, 0.15) is 30.6 Å². The molecule has 0 atom stereocenters. The number of methoxy groups -OCH3 is 1. The van der Waals surface area contributed by atoms with Crippen LogP contribution in [0.15, 0.2) is 48.5 Å². The van der Waals surface area contributed by atoms with E-state index in [-0.39, 0.29) is 11.8 Å². The molecule has 2 amide bonds. The smallest absolute Gasteiger partial charge is 0.267 e. The van der Waals surface area contributed by atoms with E-state index in [9.17, 15) is 9.59 Å². The minimum absolute atomic E-state index is 0.261. The monoisotopic (exact) mass is 404 g/mol. The normalized spacial score (nSPS) is 11.0. The van der Waals surface area contributed by atoms with Gasteiger partial charge in [-0.25, -0.2) is 0 Å². The van der Waals surface area contributed by atoms with Gasteiger partial charge in [-0.15, -0.1) is 0 Å². The summed E-state index contributed by atoms with van der Waals surface area (Å²) in [6.45, 7) is 4.36. The maximum atomic E-state index is 12.8. The number of hydrogen-bond acceptors (Lipinski definition) is 4. The number of nitrogens with one attached hydrogen (secondary N) is 2. The number of carbonyl (C=O) groups excluding carboxylic acids is 2. The molecule has 2 aromatic rings. The molecule has 7 heteroatoms. The predicted octanol–water partition coefficient (Wildman–Crippen LogP) is 3.90. The Morgan fingerprint density at radius 1 is 1.07 bits per heavy atom. The lowest BCUT2D eigenvalue weighted by Crippen LogP contribution is -2.43. The molecular weight excluding hydrogens is 380 g/mol. The molecule has 0 aliphatic rings. The Morgan fingerprint density at radius 3 is 2.43 bits per heavy atom. The van der Waals surface area contributed by atoms with Crippen molar-refractivity contribution >= 4 is 29.1 Å². The second kappa shape index (κ2) is 10.1. The maximum absolute atomic E-state index is 12.8. The van der Waals surface area contributed by atoms with E-state index in [2.05, 4.69) is 10.6 Å². The number of anilines is 1. The van der Waals surface area contributed by atoms with Gasteiger partial charge in [-0.1, -0.05) is 23.7 Å². The Bertz CT molecular complexity index is 806. The van der Waals surface area contributed by atoms with E-state index >= 15 is 0 Å². The Kier molecular flexibility index (Phi) is 7.84. The van der Waals surface area contributed by atoms with E-state index in [4.69, 9.17) is 21.1 Å². The molecule has 2 aromatic carbocycles. The molecule has 0 bridgehead atoms. The SMILES string of the molecule is COCCCNC(=O)c1ccccc1NC(=O)C(C)(C)Oc1ccc(Cl)cc1. The van der Waals surface area contributed by atoms with E-state index in [1.165, 1.54) is 0 Å². The summed E-state index contributed by atoms with van der Waals surface area (Å²) in [5.74, 6) is -0.112. The van der Waals surface area contributed by atoms with Gasteiger partial charge in [0.25, 0.3) is 11.8 Å². The fourth-order valence-electron chi connectivity index (χ4n) is 2.42. The highest BCUT2D eigenvalue weighted by molar-refractivity contribution is 6.30. The average Bonchev–Trinajstić information content (AvgIpc) is 2.67.